The van der Waals surface area contributed by atoms with E-state index in [1.165, 1.54) is 0 Å². The molecule has 112 valence electrons. The van der Waals surface area contributed by atoms with Crippen LogP contribution in [0.3, 0.4) is 0 Å². The Bertz CT molecular complexity index is 587. The van der Waals surface area contributed by atoms with Crippen LogP contribution in [-0.4, -0.2) is 60.3 Å². The van der Waals surface area contributed by atoms with Gasteiger partial charge in [-0.2, -0.15) is 0 Å². The van der Waals surface area contributed by atoms with Gasteiger partial charge in [-0.1, -0.05) is 19.1 Å². The molecule has 2 saturated heterocycles. The number of hydrogen-bond acceptors (Lipinski definition) is 4. The van der Waals surface area contributed by atoms with Crippen molar-refractivity contribution in [2.75, 3.05) is 44.3 Å². The van der Waals surface area contributed by atoms with E-state index in [1.54, 1.807) is 0 Å². The largest absolute Gasteiger partial charge is 0.379 e. The van der Waals surface area contributed by atoms with Gasteiger partial charge >= 0.3 is 0 Å². The molecule has 0 radical (unpaired) electrons. The van der Waals surface area contributed by atoms with Gasteiger partial charge in [0, 0.05) is 32.2 Å². The van der Waals surface area contributed by atoms with Crippen molar-refractivity contribution >= 4 is 17.0 Å². The summed E-state index contributed by atoms with van der Waals surface area (Å²) < 4.78 is 5.47. The summed E-state index contributed by atoms with van der Waals surface area (Å²) in [6.45, 7) is 8.33. The van der Waals surface area contributed by atoms with E-state index in [1.807, 2.05) is 12.1 Å². The van der Waals surface area contributed by atoms with Gasteiger partial charge in [0.25, 0.3) is 0 Å². The molecule has 1 N–H and O–H groups in total. The highest BCUT2D eigenvalue weighted by Gasteiger charge is 2.35. The fourth-order valence-electron chi connectivity index (χ4n) is 3.60. The lowest BCUT2D eigenvalue weighted by Crippen LogP contribution is -2.46. The minimum atomic E-state index is 0.613. The van der Waals surface area contributed by atoms with Gasteiger partial charge in [0.1, 0.15) is 0 Å². The van der Waals surface area contributed by atoms with Crippen molar-refractivity contribution in [2.24, 2.45) is 5.92 Å². The van der Waals surface area contributed by atoms with Gasteiger partial charge in [-0.25, -0.2) is 4.98 Å². The van der Waals surface area contributed by atoms with E-state index in [9.17, 15) is 0 Å². The molecule has 2 atom stereocenters. The van der Waals surface area contributed by atoms with Crippen molar-refractivity contribution in [3.05, 3.63) is 24.3 Å². The predicted octanol–water partition coefficient (Wildman–Crippen LogP) is 1.72. The van der Waals surface area contributed by atoms with Crippen LogP contribution in [0.1, 0.15) is 6.92 Å². The molecule has 21 heavy (non-hydrogen) atoms. The third-order valence-electron chi connectivity index (χ3n) is 4.76. The van der Waals surface area contributed by atoms with Crippen molar-refractivity contribution in [1.29, 1.82) is 0 Å². The summed E-state index contributed by atoms with van der Waals surface area (Å²) in [5.41, 5.74) is 2.17. The van der Waals surface area contributed by atoms with E-state index in [4.69, 9.17) is 9.72 Å². The molecule has 0 aliphatic carbocycles. The molecule has 0 bridgehead atoms. The Morgan fingerprint density at radius 2 is 2.00 bits per heavy atom. The Labute approximate surface area is 124 Å². The van der Waals surface area contributed by atoms with Gasteiger partial charge in [-0.3, -0.25) is 4.90 Å². The van der Waals surface area contributed by atoms with Gasteiger partial charge < -0.3 is 14.6 Å². The van der Waals surface area contributed by atoms with E-state index < -0.39 is 0 Å². The standard InChI is InChI=1S/C16H22N4O/c1-12-10-20(11-15(12)19-6-8-21-9-7-19)16-17-13-4-2-3-5-14(13)18-16/h2-5,12,15H,6-11H2,1H3,(H,17,18)/t12-,15+/m0/s1. The zero-order valence-electron chi connectivity index (χ0n) is 12.5. The van der Waals surface area contributed by atoms with Crippen molar-refractivity contribution in [2.45, 2.75) is 13.0 Å². The van der Waals surface area contributed by atoms with Crippen molar-refractivity contribution in [3.63, 3.8) is 0 Å². The van der Waals surface area contributed by atoms with Crippen molar-refractivity contribution in [3.8, 4) is 0 Å². The van der Waals surface area contributed by atoms with Crippen LogP contribution < -0.4 is 4.90 Å². The van der Waals surface area contributed by atoms with Gasteiger partial charge in [0.05, 0.1) is 24.2 Å². The first-order chi connectivity index (χ1) is 10.3. The number of rotatable bonds is 2. The molecular weight excluding hydrogens is 264 g/mol. The first kappa shape index (κ1) is 13.1. The van der Waals surface area contributed by atoms with Crippen LogP contribution >= 0.6 is 0 Å². The number of aromatic amines is 1. The molecule has 0 unspecified atom stereocenters. The summed E-state index contributed by atoms with van der Waals surface area (Å²) in [6.07, 6.45) is 0. The zero-order chi connectivity index (χ0) is 14.2. The average molecular weight is 286 g/mol. The number of para-hydroxylation sites is 2. The van der Waals surface area contributed by atoms with Crippen molar-refractivity contribution in [1.82, 2.24) is 14.9 Å². The van der Waals surface area contributed by atoms with E-state index in [2.05, 4.69) is 33.8 Å². The number of ether oxygens (including phenoxy) is 1. The first-order valence-corrected chi connectivity index (χ1v) is 7.83. The molecular formula is C16H22N4O. The Kier molecular flexibility index (Phi) is 3.31. The normalized spacial score (nSPS) is 27.6. The second kappa shape index (κ2) is 5.31. The molecule has 5 heteroatoms. The van der Waals surface area contributed by atoms with E-state index in [-0.39, 0.29) is 0 Å². The number of H-pyrrole nitrogens is 1. The molecule has 1 aromatic heterocycles. The summed E-state index contributed by atoms with van der Waals surface area (Å²) in [4.78, 5) is 13.2. The fraction of sp³-hybridized carbons (Fsp3) is 0.562. The summed E-state index contributed by atoms with van der Waals surface area (Å²) in [5.74, 6) is 1.68. The summed E-state index contributed by atoms with van der Waals surface area (Å²) >= 11 is 0. The highest BCUT2D eigenvalue weighted by molar-refractivity contribution is 5.77. The molecule has 0 spiro atoms. The highest BCUT2D eigenvalue weighted by Crippen LogP contribution is 2.27. The maximum atomic E-state index is 5.47. The molecule has 3 heterocycles. The minimum absolute atomic E-state index is 0.613. The summed E-state index contributed by atoms with van der Waals surface area (Å²) in [5, 5.41) is 0. The number of nitrogens with one attached hydrogen (secondary N) is 1. The molecule has 2 aliphatic heterocycles. The van der Waals surface area contributed by atoms with Gasteiger partial charge in [-0.15, -0.1) is 0 Å². The van der Waals surface area contributed by atoms with Crippen LogP contribution in [0, 0.1) is 5.92 Å². The fourth-order valence-corrected chi connectivity index (χ4v) is 3.60. The Balaban J connectivity index is 1.54. The van der Waals surface area contributed by atoms with Crippen LogP contribution in [0.25, 0.3) is 11.0 Å². The third-order valence-corrected chi connectivity index (χ3v) is 4.76. The number of morpholine rings is 1. The smallest absolute Gasteiger partial charge is 0.203 e. The molecule has 2 aromatic rings. The topological polar surface area (TPSA) is 44.4 Å². The van der Waals surface area contributed by atoms with E-state index in [0.717, 1.165) is 56.4 Å². The number of fused-ring (bicyclic) bond motifs is 1. The molecule has 1 aromatic carbocycles. The molecule has 0 amide bonds. The minimum Gasteiger partial charge on any atom is -0.379 e. The molecule has 5 nitrogen and oxygen atoms in total. The lowest BCUT2D eigenvalue weighted by atomic mass is 10.0. The monoisotopic (exact) mass is 286 g/mol. The SMILES string of the molecule is C[C@H]1CN(c2nc3ccccc3[nH]2)C[C@H]1N1CCOCC1. The lowest BCUT2D eigenvalue weighted by Gasteiger charge is -2.33. The lowest BCUT2D eigenvalue weighted by molar-refractivity contribution is 0.0134. The maximum Gasteiger partial charge on any atom is 0.203 e. The van der Waals surface area contributed by atoms with Crippen LogP contribution in [0.5, 0.6) is 0 Å². The molecule has 0 saturated carbocycles. The van der Waals surface area contributed by atoms with E-state index in [0.29, 0.717) is 12.0 Å². The highest BCUT2D eigenvalue weighted by atomic mass is 16.5. The average Bonchev–Trinajstić information content (AvgIpc) is 3.11. The Hall–Kier alpha value is -1.59. The Morgan fingerprint density at radius 3 is 2.81 bits per heavy atom. The number of hydrogen-bond donors (Lipinski definition) is 1. The second-order valence-electron chi connectivity index (χ2n) is 6.18. The summed E-state index contributed by atoms with van der Waals surface area (Å²) in [6, 6.07) is 8.85. The van der Waals surface area contributed by atoms with Crippen molar-refractivity contribution < 1.29 is 4.74 Å². The number of nitrogens with zero attached hydrogens (tertiary/aromatic N) is 3. The first-order valence-electron chi connectivity index (χ1n) is 7.83. The van der Waals surface area contributed by atoms with Gasteiger partial charge in [0.2, 0.25) is 5.95 Å². The number of imidazole rings is 1. The number of benzene rings is 1. The molecule has 4 rings (SSSR count). The van der Waals surface area contributed by atoms with Crippen LogP contribution in [0.4, 0.5) is 5.95 Å². The quantitative estimate of drug-likeness (QED) is 0.913. The third kappa shape index (κ3) is 2.40. The van der Waals surface area contributed by atoms with Gasteiger partial charge in [-0.05, 0) is 18.1 Å². The zero-order valence-corrected chi connectivity index (χ0v) is 12.5. The van der Waals surface area contributed by atoms with Crippen LogP contribution in [-0.2, 0) is 4.74 Å². The number of anilines is 1. The predicted molar refractivity (Wildman–Crippen MR) is 83.7 cm³/mol. The molecule has 2 fully saturated rings. The maximum absolute atomic E-state index is 5.47. The van der Waals surface area contributed by atoms with E-state index >= 15 is 0 Å². The summed E-state index contributed by atoms with van der Waals surface area (Å²) in [7, 11) is 0. The number of aromatic nitrogens is 2. The van der Waals surface area contributed by atoms with Crippen LogP contribution in [0.15, 0.2) is 24.3 Å². The van der Waals surface area contributed by atoms with Crippen LogP contribution in [0.2, 0.25) is 0 Å². The Morgan fingerprint density at radius 1 is 1.19 bits per heavy atom. The molecule has 2 aliphatic rings. The second-order valence-corrected chi connectivity index (χ2v) is 6.18. The van der Waals surface area contributed by atoms with Gasteiger partial charge in [0.15, 0.2) is 0 Å².